The second kappa shape index (κ2) is 8.11. The summed E-state index contributed by atoms with van der Waals surface area (Å²) in [7, 11) is -3.89. The van der Waals surface area contributed by atoms with Gasteiger partial charge in [0.15, 0.2) is 0 Å². The van der Waals surface area contributed by atoms with Crippen molar-refractivity contribution in [2.45, 2.75) is 17.9 Å². The van der Waals surface area contributed by atoms with Crippen LogP contribution in [-0.2, 0) is 10.0 Å². The Morgan fingerprint density at radius 1 is 1.16 bits per heavy atom. The Balaban J connectivity index is 2.29. The molecule has 2 aromatic carbocycles. The molecule has 8 heteroatoms. The van der Waals surface area contributed by atoms with Gasteiger partial charge in [-0.25, -0.2) is 17.9 Å². The zero-order chi connectivity index (χ0) is 18.4. The van der Waals surface area contributed by atoms with Crippen LogP contribution in [0.3, 0.4) is 0 Å². The summed E-state index contributed by atoms with van der Waals surface area (Å²) in [6, 6.07) is 12.4. The average Bonchev–Trinajstić information content (AvgIpc) is 2.60. The zero-order valence-electron chi connectivity index (χ0n) is 13.6. The van der Waals surface area contributed by atoms with Gasteiger partial charge in [-0.15, -0.1) is 0 Å². The fraction of sp³-hybridized carbons (Fsp3) is 0.235. The molecule has 0 spiro atoms. The lowest BCUT2D eigenvalue weighted by atomic mass is 10.1. The van der Waals surface area contributed by atoms with E-state index >= 15 is 0 Å². The maximum atomic E-state index is 12.6. The molecule has 2 rings (SSSR count). The van der Waals surface area contributed by atoms with E-state index in [1.54, 1.807) is 19.1 Å². The predicted octanol–water partition coefficient (Wildman–Crippen LogP) is 1.83. The summed E-state index contributed by atoms with van der Waals surface area (Å²) in [5.74, 6) is -1.26. The Hall–Kier alpha value is -2.42. The van der Waals surface area contributed by atoms with E-state index in [2.05, 4.69) is 10.0 Å². The van der Waals surface area contributed by atoms with Gasteiger partial charge in [-0.2, -0.15) is 0 Å². The minimum absolute atomic E-state index is 0.137. The first-order chi connectivity index (χ1) is 11.8. The molecule has 0 saturated heterocycles. The van der Waals surface area contributed by atoms with E-state index in [0.29, 0.717) is 0 Å². The van der Waals surface area contributed by atoms with Crippen molar-refractivity contribution in [1.29, 1.82) is 0 Å². The van der Waals surface area contributed by atoms with Gasteiger partial charge in [0.25, 0.3) is 0 Å². The molecule has 134 valence electrons. The molecule has 1 atom stereocenters. The first-order valence-corrected chi connectivity index (χ1v) is 9.13. The molecule has 0 radical (unpaired) electrons. The molecule has 0 unspecified atom stereocenters. The minimum Gasteiger partial charge on any atom is -0.478 e. The number of aliphatic hydroxyl groups is 1. The highest BCUT2D eigenvalue weighted by Crippen LogP contribution is 2.22. The number of nitrogens with one attached hydrogen (secondary N) is 2. The number of hydrogen-bond donors (Lipinski definition) is 4. The first kappa shape index (κ1) is 18.9. The molecule has 0 heterocycles. The second-order valence-electron chi connectivity index (χ2n) is 5.42. The molecule has 7 nitrogen and oxygen atoms in total. The Bertz CT molecular complexity index is 837. The van der Waals surface area contributed by atoms with Crippen molar-refractivity contribution in [3.8, 4) is 0 Å². The summed E-state index contributed by atoms with van der Waals surface area (Å²) >= 11 is 0. The van der Waals surface area contributed by atoms with E-state index in [-0.39, 0.29) is 29.3 Å². The minimum atomic E-state index is -3.89. The fourth-order valence-corrected chi connectivity index (χ4v) is 3.58. The molecule has 0 aliphatic heterocycles. The summed E-state index contributed by atoms with van der Waals surface area (Å²) in [5, 5.41) is 20.9. The predicted molar refractivity (Wildman–Crippen MR) is 94.2 cm³/mol. The van der Waals surface area contributed by atoms with Crippen LogP contribution in [0.5, 0.6) is 0 Å². The first-order valence-electron chi connectivity index (χ1n) is 7.64. The molecule has 0 saturated carbocycles. The van der Waals surface area contributed by atoms with Gasteiger partial charge in [0.1, 0.15) is 0 Å². The number of aromatic carboxylic acids is 1. The van der Waals surface area contributed by atoms with Gasteiger partial charge in [-0.3, -0.25) is 0 Å². The van der Waals surface area contributed by atoms with Crippen LogP contribution >= 0.6 is 0 Å². The molecule has 0 aliphatic rings. The topological polar surface area (TPSA) is 116 Å². The van der Waals surface area contributed by atoms with Crippen LogP contribution in [0.25, 0.3) is 0 Å². The number of carboxylic acid groups (broad SMARTS) is 1. The standard InChI is InChI=1S/C17H20N2O5S/c1-12(13-5-3-2-4-6-13)19-25(23,24)14-7-8-16(18-9-10-20)15(11-14)17(21)22/h2-8,11-12,18-20H,9-10H2,1H3,(H,21,22)/t12-/m0/s1. The monoisotopic (exact) mass is 364 g/mol. The van der Waals surface area contributed by atoms with Crippen molar-refractivity contribution >= 4 is 21.7 Å². The summed E-state index contributed by atoms with van der Waals surface area (Å²) in [5.41, 5.74) is 0.867. The van der Waals surface area contributed by atoms with E-state index < -0.39 is 22.0 Å². The normalized spacial score (nSPS) is 12.6. The lowest BCUT2D eigenvalue weighted by molar-refractivity contribution is 0.0697. The third-order valence-electron chi connectivity index (χ3n) is 3.59. The third-order valence-corrected chi connectivity index (χ3v) is 5.13. The number of rotatable bonds is 8. The van der Waals surface area contributed by atoms with E-state index in [1.807, 2.05) is 18.2 Å². The van der Waals surface area contributed by atoms with Crippen LogP contribution in [0.15, 0.2) is 53.4 Å². The average molecular weight is 364 g/mol. The molecule has 25 heavy (non-hydrogen) atoms. The van der Waals surface area contributed by atoms with Gasteiger partial charge in [-0.05, 0) is 30.7 Å². The lowest BCUT2D eigenvalue weighted by Gasteiger charge is -2.16. The number of benzene rings is 2. The molecule has 0 aliphatic carbocycles. The number of anilines is 1. The Kier molecular flexibility index (Phi) is 6.13. The lowest BCUT2D eigenvalue weighted by Crippen LogP contribution is -2.27. The quantitative estimate of drug-likeness (QED) is 0.568. The van der Waals surface area contributed by atoms with Gasteiger partial charge in [0, 0.05) is 18.3 Å². The molecule has 2 aromatic rings. The van der Waals surface area contributed by atoms with Crippen molar-refractivity contribution in [3.05, 3.63) is 59.7 Å². The molecular formula is C17H20N2O5S. The SMILES string of the molecule is C[C@H](NS(=O)(=O)c1ccc(NCCO)c(C(=O)O)c1)c1ccccc1. The Labute approximate surface area is 146 Å². The number of sulfonamides is 1. The zero-order valence-corrected chi connectivity index (χ0v) is 14.5. The highest BCUT2D eigenvalue weighted by molar-refractivity contribution is 7.89. The van der Waals surface area contributed by atoms with E-state index in [0.717, 1.165) is 11.6 Å². The largest absolute Gasteiger partial charge is 0.478 e. The molecular weight excluding hydrogens is 344 g/mol. The van der Waals surface area contributed by atoms with Gasteiger partial charge in [0.05, 0.1) is 17.1 Å². The number of carboxylic acids is 1. The highest BCUT2D eigenvalue weighted by atomic mass is 32.2. The molecule has 0 amide bonds. The van der Waals surface area contributed by atoms with Crippen molar-refractivity contribution in [2.75, 3.05) is 18.5 Å². The highest BCUT2D eigenvalue weighted by Gasteiger charge is 2.21. The Morgan fingerprint density at radius 3 is 2.44 bits per heavy atom. The second-order valence-corrected chi connectivity index (χ2v) is 7.13. The van der Waals surface area contributed by atoms with Crippen LogP contribution in [0.1, 0.15) is 28.9 Å². The number of hydrogen-bond acceptors (Lipinski definition) is 5. The van der Waals surface area contributed by atoms with Crippen LogP contribution in [-0.4, -0.2) is 37.8 Å². The smallest absolute Gasteiger partial charge is 0.337 e. The fourth-order valence-electron chi connectivity index (χ4n) is 2.32. The van der Waals surface area contributed by atoms with Crippen LogP contribution < -0.4 is 10.0 Å². The maximum Gasteiger partial charge on any atom is 0.337 e. The van der Waals surface area contributed by atoms with Crippen molar-refractivity contribution in [3.63, 3.8) is 0 Å². The summed E-state index contributed by atoms with van der Waals surface area (Å²) in [4.78, 5) is 11.3. The molecule has 0 bridgehead atoms. The third kappa shape index (κ3) is 4.79. The van der Waals surface area contributed by atoms with E-state index in [4.69, 9.17) is 5.11 Å². The van der Waals surface area contributed by atoms with Crippen LogP contribution in [0.2, 0.25) is 0 Å². The van der Waals surface area contributed by atoms with Crippen LogP contribution in [0, 0.1) is 0 Å². The van der Waals surface area contributed by atoms with E-state index in [9.17, 15) is 18.3 Å². The van der Waals surface area contributed by atoms with Crippen molar-refractivity contribution in [2.24, 2.45) is 0 Å². The summed E-state index contributed by atoms with van der Waals surface area (Å²) in [6.45, 7) is 1.70. The van der Waals surface area contributed by atoms with Crippen LogP contribution in [0.4, 0.5) is 5.69 Å². The summed E-state index contributed by atoms with van der Waals surface area (Å²) in [6.07, 6.45) is 0. The Morgan fingerprint density at radius 2 is 1.84 bits per heavy atom. The van der Waals surface area contributed by atoms with Gasteiger partial charge in [0.2, 0.25) is 10.0 Å². The van der Waals surface area contributed by atoms with Gasteiger partial charge >= 0.3 is 5.97 Å². The van der Waals surface area contributed by atoms with Crippen molar-refractivity contribution in [1.82, 2.24) is 4.72 Å². The number of carbonyl (C=O) groups is 1. The van der Waals surface area contributed by atoms with Crippen molar-refractivity contribution < 1.29 is 23.4 Å². The van der Waals surface area contributed by atoms with E-state index in [1.165, 1.54) is 12.1 Å². The number of aliphatic hydroxyl groups excluding tert-OH is 1. The summed E-state index contributed by atoms with van der Waals surface area (Å²) < 4.78 is 27.6. The van der Waals surface area contributed by atoms with Gasteiger partial charge in [-0.1, -0.05) is 30.3 Å². The maximum absolute atomic E-state index is 12.6. The molecule has 0 fully saturated rings. The molecule has 0 aromatic heterocycles. The van der Waals surface area contributed by atoms with Gasteiger partial charge < -0.3 is 15.5 Å². The molecule has 4 N–H and O–H groups in total.